The molecule has 0 aromatic heterocycles. The van der Waals surface area contributed by atoms with E-state index in [9.17, 15) is 14.0 Å². The van der Waals surface area contributed by atoms with E-state index >= 15 is 0 Å². The molecule has 0 aliphatic carbocycles. The molecule has 0 unspecified atom stereocenters. The second kappa shape index (κ2) is 5.13. The summed E-state index contributed by atoms with van der Waals surface area (Å²) in [5, 5.41) is 2.75. The van der Waals surface area contributed by atoms with Gasteiger partial charge in [0.25, 0.3) is 5.79 Å². The predicted octanol–water partition coefficient (Wildman–Crippen LogP) is 2.61. The van der Waals surface area contributed by atoms with Crippen LogP contribution in [0, 0.1) is 5.82 Å². The van der Waals surface area contributed by atoms with Crippen LogP contribution in [0.3, 0.4) is 0 Å². The fourth-order valence-corrected chi connectivity index (χ4v) is 1.76. The zero-order valence-electron chi connectivity index (χ0n) is 10.7. The molecule has 1 N–H and O–H groups in total. The highest BCUT2D eigenvalue weighted by molar-refractivity contribution is 6.33. The smallest absolute Gasteiger partial charge is 0.350 e. The monoisotopic (exact) mass is 299 g/mol. The summed E-state index contributed by atoms with van der Waals surface area (Å²) in [6, 6.07) is 3.66. The highest BCUT2D eigenvalue weighted by Crippen LogP contribution is 2.25. The Balaban J connectivity index is 2.19. The Morgan fingerprint density at radius 1 is 1.25 bits per heavy atom. The number of halogens is 2. The largest absolute Gasteiger partial charge is 0.419 e. The van der Waals surface area contributed by atoms with Crippen molar-refractivity contribution in [2.45, 2.75) is 19.6 Å². The van der Waals surface area contributed by atoms with Gasteiger partial charge in [0.15, 0.2) is 5.57 Å². The summed E-state index contributed by atoms with van der Waals surface area (Å²) in [5.41, 5.74) is 0.0377. The quantitative estimate of drug-likeness (QED) is 0.516. The van der Waals surface area contributed by atoms with Crippen molar-refractivity contribution in [3.05, 3.63) is 40.8 Å². The number of carbonyl (C=O) groups is 2. The van der Waals surface area contributed by atoms with Crippen molar-refractivity contribution in [3.63, 3.8) is 0 Å². The maximum absolute atomic E-state index is 12.9. The maximum atomic E-state index is 12.9. The molecule has 0 spiro atoms. The van der Waals surface area contributed by atoms with Crippen molar-refractivity contribution in [3.8, 4) is 0 Å². The van der Waals surface area contributed by atoms with E-state index in [2.05, 4.69) is 5.32 Å². The van der Waals surface area contributed by atoms with Gasteiger partial charge in [0, 0.05) is 20.0 Å². The summed E-state index contributed by atoms with van der Waals surface area (Å²) in [5.74, 6) is -3.40. The number of anilines is 1. The minimum atomic E-state index is -1.29. The van der Waals surface area contributed by atoms with E-state index in [4.69, 9.17) is 21.1 Å². The highest BCUT2D eigenvalue weighted by atomic mass is 35.5. The van der Waals surface area contributed by atoms with Gasteiger partial charge in [-0.05, 0) is 18.2 Å². The number of cyclic esters (lactones) is 2. The third kappa shape index (κ3) is 3.08. The van der Waals surface area contributed by atoms with Gasteiger partial charge in [-0.25, -0.2) is 14.0 Å². The lowest BCUT2D eigenvalue weighted by atomic mass is 10.2. The first-order valence-electron chi connectivity index (χ1n) is 5.67. The third-order valence-corrected chi connectivity index (χ3v) is 2.73. The van der Waals surface area contributed by atoms with Gasteiger partial charge in [0.1, 0.15) is 5.82 Å². The molecule has 0 bridgehead atoms. The van der Waals surface area contributed by atoms with Crippen LogP contribution in [-0.4, -0.2) is 17.7 Å². The third-order valence-electron chi connectivity index (χ3n) is 2.42. The van der Waals surface area contributed by atoms with Gasteiger partial charge < -0.3 is 14.8 Å². The van der Waals surface area contributed by atoms with Crippen molar-refractivity contribution in [1.82, 2.24) is 0 Å². The predicted molar refractivity (Wildman–Crippen MR) is 69.4 cm³/mol. The Bertz CT molecular complexity index is 590. The molecule has 7 heteroatoms. The molecule has 5 nitrogen and oxygen atoms in total. The Kier molecular flexibility index (Phi) is 3.67. The molecule has 1 aliphatic rings. The molecule has 0 radical (unpaired) electrons. The summed E-state index contributed by atoms with van der Waals surface area (Å²) in [4.78, 5) is 23.3. The molecular weight excluding hydrogens is 289 g/mol. The van der Waals surface area contributed by atoms with Crippen LogP contribution in [-0.2, 0) is 19.1 Å². The van der Waals surface area contributed by atoms with Gasteiger partial charge in [-0.3, -0.25) is 0 Å². The molecule has 2 rings (SSSR count). The van der Waals surface area contributed by atoms with Crippen molar-refractivity contribution < 1.29 is 23.5 Å². The van der Waals surface area contributed by atoms with Gasteiger partial charge in [-0.15, -0.1) is 0 Å². The average Bonchev–Trinajstić information content (AvgIpc) is 2.28. The Morgan fingerprint density at radius 3 is 2.40 bits per heavy atom. The number of ether oxygens (including phenoxy) is 2. The van der Waals surface area contributed by atoms with Crippen molar-refractivity contribution in [2.24, 2.45) is 0 Å². The summed E-state index contributed by atoms with van der Waals surface area (Å²) >= 11 is 5.80. The van der Waals surface area contributed by atoms with Crippen molar-refractivity contribution in [1.29, 1.82) is 0 Å². The fraction of sp³-hybridized carbons (Fsp3) is 0.231. The number of esters is 2. The second-order valence-electron chi connectivity index (χ2n) is 4.51. The fourth-order valence-electron chi connectivity index (χ4n) is 1.53. The summed E-state index contributed by atoms with van der Waals surface area (Å²) in [6.07, 6.45) is 1.11. The summed E-state index contributed by atoms with van der Waals surface area (Å²) in [7, 11) is 0. The SMILES string of the molecule is CC1(C)OC(=O)C(=CNc2ccc(F)cc2Cl)C(=O)O1. The number of nitrogens with one attached hydrogen (secondary N) is 1. The average molecular weight is 300 g/mol. The van der Waals surface area contributed by atoms with E-state index in [0.29, 0.717) is 5.69 Å². The minimum absolute atomic E-state index is 0.111. The normalized spacial score (nSPS) is 17.3. The molecule has 1 saturated heterocycles. The molecule has 0 saturated carbocycles. The van der Waals surface area contributed by atoms with Crippen molar-refractivity contribution in [2.75, 3.05) is 5.32 Å². The number of carbonyl (C=O) groups excluding carboxylic acids is 2. The number of benzene rings is 1. The molecule has 1 aromatic rings. The lowest BCUT2D eigenvalue weighted by molar-refractivity contribution is -0.222. The van der Waals surface area contributed by atoms with Crippen LogP contribution in [0.15, 0.2) is 30.0 Å². The van der Waals surface area contributed by atoms with E-state index < -0.39 is 23.5 Å². The van der Waals surface area contributed by atoms with Crippen LogP contribution >= 0.6 is 11.6 Å². The van der Waals surface area contributed by atoms with Crippen molar-refractivity contribution >= 4 is 29.2 Å². The van der Waals surface area contributed by atoms with E-state index in [1.165, 1.54) is 26.0 Å². The summed E-state index contributed by atoms with van der Waals surface area (Å²) in [6.45, 7) is 2.90. The first-order chi connectivity index (χ1) is 9.28. The zero-order chi connectivity index (χ0) is 14.9. The molecule has 1 aromatic carbocycles. The lowest BCUT2D eigenvalue weighted by Gasteiger charge is -2.29. The maximum Gasteiger partial charge on any atom is 0.350 e. The van der Waals surface area contributed by atoms with Gasteiger partial charge in [-0.2, -0.15) is 0 Å². The van der Waals surface area contributed by atoms with E-state index in [-0.39, 0.29) is 10.6 Å². The number of hydrogen-bond donors (Lipinski definition) is 1. The van der Waals surface area contributed by atoms with Gasteiger partial charge in [0.05, 0.1) is 10.7 Å². The Hall–Kier alpha value is -2.08. The second-order valence-corrected chi connectivity index (χ2v) is 4.91. The van der Waals surface area contributed by atoms with Gasteiger partial charge in [-0.1, -0.05) is 11.6 Å². The molecule has 20 heavy (non-hydrogen) atoms. The van der Waals surface area contributed by atoms with Crippen LogP contribution in [0.5, 0.6) is 0 Å². The number of rotatable bonds is 2. The molecule has 1 heterocycles. The molecule has 1 fully saturated rings. The Labute approximate surface area is 119 Å². The van der Waals surface area contributed by atoms with E-state index in [0.717, 1.165) is 12.3 Å². The van der Waals surface area contributed by atoms with Crippen LogP contribution in [0.4, 0.5) is 10.1 Å². The molecule has 0 amide bonds. The van der Waals surface area contributed by atoms with E-state index in [1.807, 2.05) is 0 Å². The zero-order valence-corrected chi connectivity index (χ0v) is 11.5. The van der Waals surface area contributed by atoms with Gasteiger partial charge >= 0.3 is 11.9 Å². The van der Waals surface area contributed by atoms with Crippen LogP contribution in [0.25, 0.3) is 0 Å². The standard InChI is InChI=1S/C13H11ClFNO4/c1-13(2)19-11(17)8(12(18)20-13)6-16-10-4-3-7(15)5-9(10)14/h3-6,16H,1-2H3. The molecule has 106 valence electrons. The molecule has 1 aliphatic heterocycles. The van der Waals surface area contributed by atoms with E-state index in [1.54, 1.807) is 0 Å². The van der Waals surface area contributed by atoms with Crippen LogP contribution in [0.2, 0.25) is 5.02 Å². The first-order valence-corrected chi connectivity index (χ1v) is 6.05. The first kappa shape index (κ1) is 14.3. The minimum Gasteiger partial charge on any atom is -0.419 e. The molecule has 0 atom stereocenters. The number of hydrogen-bond acceptors (Lipinski definition) is 5. The molecular formula is C13H11ClFNO4. The lowest BCUT2D eigenvalue weighted by Crippen LogP contribution is -2.42. The Morgan fingerprint density at radius 2 is 1.85 bits per heavy atom. The topological polar surface area (TPSA) is 64.6 Å². The van der Waals surface area contributed by atoms with Gasteiger partial charge in [0.2, 0.25) is 0 Å². The van der Waals surface area contributed by atoms with Crippen LogP contribution in [0.1, 0.15) is 13.8 Å². The van der Waals surface area contributed by atoms with Crippen LogP contribution < -0.4 is 5.32 Å². The summed E-state index contributed by atoms with van der Waals surface area (Å²) < 4.78 is 22.7. The highest BCUT2D eigenvalue weighted by Gasteiger charge is 2.38.